The second kappa shape index (κ2) is 3.87. The van der Waals surface area contributed by atoms with Crippen LogP contribution in [0, 0.1) is 17.3 Å². The lowest BCUT2D eigenvalue weighted by atomic mass is 9.55. The molecule has 0 aromatic rings. The van der Waals surface area contributed by atoms with E-state index in [1.807, 2.05) is 13.8 Å². The smallest absolute Gasteiger partial charge is 0.0620 e. The maximum absolute atomic E-state index is 10.2. The normalized spacial score (nSPS) is 40.6. The van der Waals surface area contributed by atoms with Crippen LogP contribution in [0.1, 0.15) is 59.3 Å². The van der Waals surface area contributed by atoms with Crippen molar-refractivity contribution in [2.24, 2.45) is 17.3 Å². The van der Waals surface area contributed by atoms with E-state index in [9.17, 15) is 5.11 Å². The molecule has 2 aliphatic carbocycles. The second-order valence-electron chi connectivity index (χ2n) is 6.84. The largest absolute Gasteiger partial charge is 0.390 e. The summed E-state index contributed by atoms with van der Waals surface area (Å²) in [5.41, 5.74) is 1.42. The van der Waals surface area contributed by atoms with Crippen LogP contribution in [0.25, 0.3) is 0 Å². The first kappa shape index (κ1) is 12.2. The van der Waals surface area contributed by atoms with Crippen LogP contribution >= 0.6 is 0 Å². The fraction of sp³-hybridized carbons (Fsp3) is 0.867. The van der Waals surface area contributed by atoms with Gasteiger partial charge in [-0.15, -0.1) is 0 Å². The van der Waals surface area contributed by atoms with Crippen molar-refractivity contribution in [3.05, 3.63) is 12.2 Å². The molecule has 2 rings (SSSR count). The molecule has 16 heavy (non-hydrogen) atoms. The van der Waals surface area contributed by atoms with E-state index in [1.165, 1.54) is 37.7 Å². The summed E-state index contributed by atoms with van der Waals surface area (Å²) in [5.74, 6) is 1.12. The zero-order valence-electron chi connectivity index (χ0n) is 11.1. The van der Waals surface area contributed by atoms with E-state index in [1.54, 1.807) is 0 Å². The van der Waals surface area contributed by atoms with Crippen LogP contribution in [-0.2, 0) is 0 Å². The summed E-state index contributed by atoms with van der Waals surface area (Å²) in [4.78, 5) is 0. The molecule has 1 heteroatoms. The zero-order valence-corrected chi connectivity index (χ0v) is 11.1. The van der Waals surface area contributed by atoms with Gasteiger partial charge >= 0.3 is 0 Å². The number of rotatable bonds is 1. The quantitative estimate of drug-likeness (QED) is 0.667. The molecule has 1 nitrogen and oxygen atoms in total. The number of fused-ring (bicyclic) bond motifs is 1. The number of allylic oxidation sites excluding steroid dienone is 1. The van der Waals surface area contributed by atoms with Crippen molar-refractivity contribution in [1.29, 1.82) is 0 Å². The van der Waals surface area contributed by atoms with Gasteiger partial charge in [-0.3, -0.25) is 0 Å². The lowest BCUT2D eigenvalue weighted by Gasteiger charge is -2.50. The molecule has 1 N–H and O–H groups in total. The molecule has 0 aliphatic heterocycles. The third kappa shape index (κ3) is 2.07. The van der Waals surface area contributed by atoms with Crippen LogP contribution in [0.5, 0.6) is 0 Å². The summed E-state index contributed by atoms with van der Waals surface area (Å²) in [6, 6.07) is 0. The Morgan fingerprint density at radius 1 is 1.38 bits per heavy atom. The van der Waals surface area contributed by atoms with Crippen molar-refractivity contribution in [3.63, 3.8) is 0 Å². The predicted octanol–water partition coefficient (Wildman–Crippen LogP) is 3.92. The van der Waals surface area contributed by atoms with Gasteiger partial charge in [-0.25, -0.2) is 0 Å². The molecule has 2 aliphatic rings. The van der Waals surface area contributed by atoms with E-state index in [4.69, 9.17) is 0 Å². The molecule has 0 saturated heterocycles. The van der Waals surface area contributed by atoms with Gasteiger partial charge in [0.1, 0.15) is 0 Å². The monoisotopic (exact) mass is 222 g/mol. The Morgan fingerprint density at radius 3 is 2.69 bits per heavy atom. The van der Waals surface area contributed by atoms with Gasteiger partial charge in [-0.1, -0.05) is 19.1 Å². The topological polar surface area (TPSA) is 20.2 Å². The molecule has 0 bridgehead atoms. The minimum atomic E-state index is -0.515. The molecule has 2 saturated carbocycles. The van der Waals surface area contributed by atoms with Gasteiger partial charge in [0.05, 0.1) is 5.60 Å². The van der Waals surface area contributed by atoms with Crippen LogP contribution in [0.15, 0.2) is 12.2 Å². The van der Waals surface area contributed by atoms with Gasteiger partial charge in [-0.2, -0.15) is 0 Å². The molecule has 0 amide bonds. The Labute approximate surface area is 99.9 Å². The molecule has 0 spiro atoms. The standard InChI is InChI=1S/C15H26O/c1-11-6-5-8-15(4)9-7-12(10-13(11)15)14(2,3)16/h12-13,16H,1,5-10H2,2-4H3/t12-,13+,15-/m1/s1. The van der Waals surface area contributed by atoms with Gasteiger partial charge in [0.15, 0.2) is 0 Å². The third-order valence-electron chi connectivity index (χ3n) is 5.16. The first-order valence-corrected chi connectivity index (χ1v) is 6.73. The predicted molar refractivity (Wildman–Crippen MR) is 68.2 cm³/mol. The molecular weight excluding hydrogens is 196 g/mol. The van der Waals surface area contributed by atoms with Crippen molar-refractivity contribution in [2.75, 3.05) is 0 Å². The molecule has 0 aromatic carbocycles. The first-order valence-electron chi connectivity index (χ1n) is 6.73. The lowest BCUT2D eigenvalue weighted by Crippen LogP contribution is -2.43. The average molecular weight is 222 g/mol. The van der Waals surface area contributed by atoms with E-state index in [2.05, 4.69) is 13.5 Å². The molecule has 0 aromatic heterocycles. The summed E-state index contributed by atoms with van der Waals surface area (Å²) >= 11 is 0. The van der Waals surface area contributed by atoms with E-state index in [-0.39, 0.29) is 0 Å². The van der Waals surface area contributed by atoms with E-state index in [0.29, 0.717) is 17.3 Å². The van der Waals surface area contributed by atoms with Crippen LogP contribution in [0.4, 0.5) is 0 Å². The van der Waals surface area contributed by atoms with Gasteiger partial charge in [0.2, 0.25) is 0 Å². The fourth-order valence-electron chi connectivity index (χ4n) is 3.86. The highest BCUT2D eigenvalue weighted by molar-refractivity contribution is 5.13. The average Bonchev–Trinajstić information content (AvgIpc) is 2.15. The van der Waals surface area contributed by atoms with Crippen LogP contribution in [0.2, 0.25) is 0 Å². The number of hydrogen-bond donors (Lipinski definition) is 1. The summed E-state index contributed by atoms with van der Waals surface area (Å²) in [6.45, 7) is 10.6. The summed E-state index contributed by atoms with van der Waals surface area (Å²) in [5, 5.41) is 10.2. The minimum Gasteiger partial charge on any atom is -0.390 e. The Kier molecular flexibility index (Phi) is 2.94. The lowest BCUT2D eigenvalue weighted by molar-refractivity contribution is -0.0406. The highest BCUT2D eigenvalue weighted by Gasteiger charge is 2.45. The maximum atomic E-state index is 10.2. The molecule has 0 unspecified atom stereocenters. The summed E-state index contributed by atoms with van der Waals surface area (Å²) in [6.07, 6.45) is 7.49. The van der Waals surface area contributed by atoms with Crippen molar-refractivity contribution >= 4 is 0 Å². The van der Waals surface area contributed by atoms with Crippen molar-refractivity contribution in [3.8, 4) is 0 Å². The summed E-state index contributed by atoms with van der Waals surface area (Å²) < 4.78 is 0. The Balaban J connectivity index is 2.15. The molecule has 0 heterocycles. The van der Waals surface area contributed by atoms with Gasteiger partial charge in [0, 0.05) is 0 Å². The van der Waals surface area contributed by atoms with Crippen molar-refractivity contribution < 1.29 is 5.11 Å². The highest BCUT2D eigenvalue weighted by Crippen LogP contribution is 2.54. The second-order valence-corrected chi connectivity index (χ2v) is 6.84. The van der Waals surface area contributed by atoms with Gasteiger partial charge < -0.3 is 5.11 Å². The molecular formula is C15H26O. The van der Waals surface area contributed by atoms with Gasteiger partial charge in [-0.05, 0) is 69.6 Å². The van der Waals surface area contributed by atoms with E-state index < -0.39 is 5.60 Å². The molecule has 0 radical (unpaired) electrons. The summed E-state index contributed by atoms with van der Waals surface area (Å²) in [7, 11) is 0. The molecule has 2 fully saturated rings. The van der Waals surface area contributed by atoms with Crippen molar-refractivity contribution in [2.45, 2.75) is 64.9 Å². The van der Waals surface area contributed by atoms with E-state index in [0.717, 1.165) is 6.42 Å². The highest BCUT2D eigenvalue weighted by atomic mass is 16.3. The van der Waals surface area contributed by atoms with Crippen LogP contribution in [-0.4, -0.2) is 10.7 Å². The fourth-order valence-corrected chi connectivity index (χ4v) is 3.86. The minimum absolute atomic E-state index is 0.459. The maximum Gasteiger partial charge on any atom is 0.0620 e. The Bertz CT molecular complexity index is 286. The molecule has 92 valence electrons. The Morgan fingerprint density at radius 2 is 2.06 bits per heavy atom. The van der Waals surface area contributed by atoms with Gasteiger partial charge in [0.25, 0.3) is 0 Å². The molecule has 3 atom stereocenters. The van der Waals surface area contributed by atoms with Crippen LogP contribution < -0.4 is 0 Å². The van der Waals surface area contributed by atoms with Crippen LogP contribution in [0.3, 0.4) is 0 Å². The zero-order chi connectivity index (χ0) is 12.0. The SMILES string of the molecule is C=C1CCC[C@]2(C)CC[C@@H](C(C)(C)O)C[C@@H]12. The van der Waals surface area contributed by atoms with Crippen molar-refractivity contribution in [1.82, 2.24) is 0 Å². The first-order chi connectivity index (χ1) is 7.33. The Hall–Kier alpha value is -0.300. The van der Waals surface area contributed by atoms with E-state index >= 15 is 0 Å². The third-order valence-corrected chi connectivity index (χ3v) is 5.16. The number of aliphatic hydroxyl groups is 1. The number of hydrogen-bond acceptors (Lipinski definition) is 1.